The molecule has 0 bridgehead atoms. The molecule has 1 aliphatic heterocycles. The van der Waals surface area contributed by atoms with E-state index >= 15 is 0 Å². The van der Waals surface area contributed by atoms with Crippen molar-refractivity contribution in [3.05, 3.63) is 65.2 Å². The number of halogens is 1. The van der Waals surface area contributed by atoms with Crippen molar-refractivity contribution in [1.82, 2.24) is 14.8 Å². The maximum atomic E-state index is 13.4. The van der Waals surface area contributed by atoms with Crippen molar-refractivity contribution >= 4 is 0 Å². The maximum absolute atomic E-state index is 13.4. The van der Waals surface area contributed by atoms with E-state index in [1.165, 1.54) is 17.5 Å². The van der Waals surface area contributed by atoms with Crippen LogP contribution in [0.5, 0.6) is 0 Å². The predicted octanol–water partition coefficient (Wildman–Crippen LogP) is 3.48. The molecule has 0 amide bonds. The van der Waals surface area contributed by atoms with Gasteiger partial charge in [-0.1, -0.05) is 12.1 Å². The summed E-state index contributed by atoms with van der Waals surface area (Å²) in [5.41, 5.74) is 3.54. The number of aryl methyl sites for hydroxylation is 1. The van der Waals surface area contributed by atoms with Gasteiger partial charge in [-0.3, -0.25) is 9.88 Å². The van der Waals surface area contributed by atoms with Gasteiger partial charge in [0.25, 0.3) is 0 Å². The Morgan fingerprint density at radius 1 is 1.33 bits per heavy atom. The summed E-state index contributed by atoms with van der Waals surface area (Å²) in [6.45, 7) is 7.13. The van der Waals surface area contributed by atoms with Gasteiger partial charge in [0.1, 0.15) is 5.82 Å². The molecule has 1 atom stereocenters. The van der Waals surface area contributed by atoms with Crippen LogP contribution in [0.1, 0.15) is 23.1 Å². The van der Waals surface area contributed by atoms with E-state index in [-0.39, 0.29) is 5.82 Å². The lowest BCUT2D eigenvalue weighted by Crippen LogP contribution is -2.28. The van der Waals surface area contributed by atoms with Crippen molar-refractivity contribution in [3.63, 3.8) is 0 Å². The van der Waals surface area contributed by atoms with Gasteiger partial charge in [0.15, 0.2) is 0 Å². The number of rotatable bonds is 6. The van der Waals surface area contributed by atoms with Gasteiger partial charge in [0.2, 0.25) is 0 Å². The number of hydrogen-bond acceptors (Lipinski definition) is 3. The standard InChI is InChI=1S/C20H26FN3/c1-16-5-6-20(21)10-19(16)15-24-9-7-18(14-24)13-23(2)12-17-4-3-8-22-11-17/h3-6,8,10-11,18H,7,9,12-15H2,1-2H3/t18-/m1/s1. The smallest absolute Gasteiger partial charge is 0.123 e. The lowest BCUT2D eigenvalue weighted by Gasteiger charge is -2.22. The number of pyridine rings is 1. The van der Waals surface area contributed by atoms with Crippen molar-refractivity contribution in [2.24, 2.45) is 5.92 Å². The molecule has 1 aliphatic rings. The summed E-state index contributed by atoms with van der Waals surface area (Å²) in [4.78, 5) is 9.00. The largest absolute Gasteiger partial charge is 0.302 e. The first kappa shape index (κ1) is 17.1. The van der Waals surface area contributed by atoms with Gasteiger partial charge in [-0.05, 0) is 67.7 Å². The van der Waals surface area contributed by atoms with Gasteiger partial charge in [0.05, 0.1) is 0 Å². The molecule has 0 spiro atoms. The van der Waals surface area contributed by atoms with Crippen LogP contribution in [-0.2, 0) is 13.1 Å². The number of aromatic nitrogens is 1. The molecule has 1 aromatic carbocycles. The highest BCUT2D eigenvalue weighted by molar-refractivity contribution is 5.26. The van der Waals surface area contributed by atoms with E-state index in [0.717, 1.165) is 38.3 Å². The third-order valence-corrected chi connectivity index (χ3v) is 4.82. The molecular formula is C20H26FN3. The van der Waals surface area contributed by atoms with Crippen LogP contribution in [0.2, 0.25) is 0 Å². The normalized spacial score (nSPS) is 18.4. The van der Waals surface area contributed by atoms with Crippen LogP contribution >= 0.6 is 0 Å². The van der Waals surface area contributed by atoms with Crippen molar-refractivity contribution < 1.29 is 4.39 Å². The fourth-order valence-corrected chi connectivity index (χ4v) is 3.57. The summed E-state index contributed by atoms with van der Waals surface area (Å²) in [6, 6.07) is 9.20. The molecule has 0 saturated carbocycles. The minimum absolute atomic E-state index is 0.137. The van der Waals surface area contributed by atoms with Crippen LogP contribution in [0.4, 0.5) is 4.39 Å². The Kier molecular flexibility index (Phi) is 5.59. The van der Waals surface area contributed by atoms with Crippen LogP contribution < -0.4 is 0 Å². The summed E-state index contributed by atoms with van der Waals surface area (Å²) in [5.74, 6) is 0.545. The van der Waals surface area contributed by atoms with Gasteiger partial charge >= 0.3 is 0 Å². The monoisotopic (exact) mass is 327 g/mol. The summed E-state index contributed by atoms with van der Waals surface area (Å²) < 4.78 is 13.4. The van der Waals surface area contributed by atoms with Crippen molar-refractivity contribution in [3.8, 4) is 0 Å². The summed E-state index contributed by atoms with van der Waals surface area (Å²) in [6.07, 6.45) is 4.96. The van der Waals surface area contributed by atoms with Gasteiger partial charge < -0.3 is 4.90 Å². The average Bonchev–Trinajstić information content (AvgIpc) is 2.99. The van der Waals surface area contributed by atoms with Gasteiger partial charge in [-0.2, -0.15) is 0 Å². The number of likely N-dealkylation sites (tertiary alicyclic amines) is 1. The van der Waals surface area contributed by atoms with Crippen LogP contribution in [0, 0.1) is 18.7 Å². The Bertz CT molecular complexity index is 659. The summed E-state index contributed by atoms with van der Waals surface area (Å²) >= 11 is 0. The molecule has 2 heterocycles. The zero-order valence-electron chi connectivity index (χ0n) is 14.6. The molecule has 1 saturated heterocycles. The summed E-state index contributed by atoms with van der Waals surface area (Å²) in [7, 11) is 2.17. The Balaban J connectivity index is 1.49. The second kappa shape index (κ2) is 7.86. The molecule has 0 unspecified atom stereocenters. The Hall–Kier alpha value is -1.78. The molecule has 3 nitrogen and oxygen atoms in total. The van der Waals surface area contributed by atoms with Crippen molar-refractivity contribution in [2.45, 2.75) is 26.4 Å². The minimum Gasteiger partial charge on any atom is -0.302 e. The third kappa shape index (κ3) is 4.62. The highest BCUT2D eigenvalue weighted by atomic mass is 19.1. The molecule has 1 aromatic heterocycles. The quantitative estimate of drug-likeness (QED) is 0.810. The first-order valence-corrected chi connectivity index (χ1v) is 8.65. The third-order valence-electron chi connectivity index (χ3n) is 4.82. The van der Waals surface area contributed by atoms with E-state index in [9.17, 15) is 4.39 Å². The highest BCUT2D eigenvalue weighted by Gasteiger charge is 2.24. The molecule has 128 valence electrons. The SMILES string of the molecule is Cc1ccc(F)cc1CN1CC[C@H](CN(C)Cc2cccnc2)C1. The Morgan fingerprint density at radius 2 is 2.21 bits per heavy atom. The molecule has 3 rings (SSSR count). The molecule has 0 N–H and O–H groups in total. The van der Waals surface area contributed by atoms with Crippen LogP contribution in [0.15, 0.2) is 42.7 Å². The maximum Gasteiger partial charge on any atom is 0.123 e. The van der Waals surface area contributed by atoms with E-state index in [1.54, 1.807) is 12.1 Å². The van der Waals surface area contributed by atoms with Crippen LogP contribution in [0.3, 0.4) is 0 Å². The molecule has 1 fully saturated rings. The first-order valence-electron chi connectivity index (χ1n) is 8.65. The molecule has 0 aliphatic carbocycles. The van der Waals surface area contributed by atoms with E-state index in [4.69, 9.17) is 0 Å². The van der Waals surface area contributed by atoms with Crippen molar-refractivity contribution in [1.29, 1.82) is 0 Å². The highest BCUT2D eigenvalue weighted by Crippen LogP contribution is 2.21. The van der Waals surface area contributed by atoms with E-state index in [0.29, 0.717) is 5.92 Å². The van der Waals surface area contributed by atoms with Crippen LogP contribution in [0.25, 0.3) is 0 Å². The first-order chi connectivity index (χ1) is 11.6. The zero-order chi connectivity index (χ0) is 16.9. The molecule has 0 radical (unpaired) electrons. The lowest BCUT2D eigenvalue weighted by molar-refractivity contribution is 0.254. The fourth-order valence-electron chi connectivity index (χ4n) is 3.57. The topological polar surface area (TPSA) is 19.4 Å². The Labute approximate surface area is 144 Å². The Morgan fingerprint density at radius 3 is 3.00 bits per heavy atom. The predicted molar refractivity (Wildman–Crippen MR) is 95.1 cm³/mol. The summed E-state index contributed by atoms with van der Waals surface area (Å²) in [5, 5.41) is 0. The molecule has 4 heteroatoms. The lowest BCUT2D eigenvalue weighted by atomic mass is 10.1. The number of benzene rings is 1. The van der Waals surface area contributed by atoms with E-state index < -0.39 is 0 Å². The number of nitrogens with zero attached hydrogens (tertiary/aromatic N) is 3. The minimum atomic E-state index is -0.137. The van der Waals surface area contributed by atoms with Gasteiger partial charge in [-0.15, -0.1) is 0 Å². The molecule has 2 aromatic rings. The molecular weight excluding hydrogens is 301 g/mol. The second-order valence-corrected chi connectivity index (χ2v) is 7.02. The van der Waals surface area contributed by atoms with Gasteiger partial charge in [0, 0.05) is 38.6 Å². The second-order valence-electron chi connectivity index (χ2n) is 7.02. The molecule has 24 heavy (non-hydrogen) atoms. The average molecular weight is 327 g/mol. The van der Waals surface area contributed by atoms with Gasteiger partial charge in [-0.25, -0.2) is 4.39 Å². The van der Waals surface area contributed by atoms with Crippen LogP contribution in [-0.4, -0.2) is 41.5 Å². The fraction of sp³-hybridized carbons (Fsp3) is 0.450. The van der Waals surface area contributed by atoms with Crippen molar-refractivity contribution in [2.75, 3.05) is 26.7 Å². The number of hydrogen-bond donors (Lipinski definition) is 0. The van der Waals surface area contributed by atoms with E-state index in [1.807, 2.05) is 24.5 Å². The van der Waals surface area contributed by atoms with E-state index in [2.05, 4.69) is 34.8 Å². The zero-order valence-corrected chi connectivity index (χ0v) is 14.6.